The van der Waals surface area contributed by atoms with E-state index in [1.54, 1.807) is 11.0 Å². The van der Waals surface area contributed by atoms with Gasteiger partial charge in [-0.1, -0.05) is 12.1 Å². The molecule has 29 heavy (non-hydrogen) atoms. The maximum atomic E-state index is 12.9. The quantitative estimate of drug-likeness (QED) is 0.807. The van der Waals surface area contributed by atoms with Crippen molar-refractivity contribution >= 4 is 5.91 Å². The number of hydrogen-bond donors (Lipinski definition) is 2. The summed E-state index contributed by atoms with van der Waals surface area (Å²) < 4.78 is 41.3. The summed E-state index contributed by atoms with van der Waals surface area (Å²) in [6.45, 7) is 6.14. The molecule has 1 atom stereocenters. The minimum absolute atomic E-state index is 0.0613. The van der Waals surface area contributed by atoms with Crippen molar-refractivity contribution in [3.63, 3.8) is 0 Å². The fourth-order valence-electron chi connectivity index (χ4n) is 3.96. The Morgan fingerprint density at radius 2 is 1.97 bits per heavy atom. The first-order chi connectivity index (χ1) is 13.5. The SMILES string of the molecule is Cc1n[nH]c(C)c1C(C)C(=O)N1CCC(O)(c2cccc(OC(F)(F)F)c2)CC1. The molecule has 0 radical (unpaired) electrons. The molecule has 1 aromatic heterocycles. The number of nitrogens with one attached hydrogen (secondary N) is 1. The molecule has 1 aromatic carbocycles. The van der Waals surface area contributed by atoms with Crippen molar-refractivity contribution < 1.29 is 27.8 Å². The molecule has 6 nitrogen and oxygen atoms in total. The lowest BCUT2D eigenvalue weighted by molar-refractivity contribution is -0.274. The van der Waals surface area contributed by atoms with Crippen molar-refractivity contribution in [2.45, 2.75) is 51.5 Å². The van der Waals surface area contributed by atoms with E-state index in [1.807, 2.05) is 20.8 Å². The Morgan fingerprint density at radius 3 is 2.52 bits per heavy atom. The number of H-pyrrole nitrogens is 1. The van der Waals surface area contributed by atoms with Crippen LogP contribution >= 0.6 is 0 Å². The van der Waals surface area contributed by atoms with E-state index in [1.165, 1.54) is 18.2 Å². The van der Waals surface area contributed by atoms with Crippen LogP contribution in [0.3, 0.4) is 0 Å². The van der Waals surface area contributed by atoms with Gasteiger partial charge in [-0.05, 0) is 51.3 Å². The number of aryl methyl sites for hydroxylation is 2. The number of amides is 1. The Hall–Kier alpha value is -2.55. The molecule has 0 aliphatic carbocycles. The number of benzene rings is 1. The lowest BCUT2D eigenvalue weighted by Gasteiger charge is -2.39. The molecule has 0 saturated carbocycles. The van der Waals surface area contributed by atoms with Gasteiger partial charge in [-0.15, -0.1) is 13.2 Å². The number of carbonyl (C=O) groups excluding carboxylic acids is 1. The number of aliphatic hydroxyl groups is 1. The summed E-state index contributed by atoms with van der Waals surface area (Å²) in [5, 5.41) is 18.0. The van der Waals surface area contributed by atoms with Crippen LogP contribution in [0, 0.1) is 13.8 Å². The van der Waals surface area contributed by atoms with Gasteiger partial charge in [0.15, 0.2) is 0 Å². The molecule has 0 spiro atoms. The van der Waals surface area contributed by atoms with Gasteiger partial charge >= 0.3 is 6.36 Å². The maximum Gasteiger partial charge on any atom is 0.573 e. The highest BCUT2D eigenvalue weighted by Gasteiger charge is 2.38. The Bertz CT molecular complexity index is 867. The molecule has 3 rings (SSSR count). The molecule has 9 heteroatoms. The monoisotopic (exact) mass is 411 g/mol. The first-order valence-corrected chi connectivity index (χ1v) is 9.39. The number of piperidine rings is 1. The lowest BCUT2D eigenvalue weighted by Crippen LogP contribution is -2.46. The number of hydrogen-bond acceptors (Lipinski definition) is 4. The van der Waals surface area contributed by atoms with E-state index < -0.39 is 12.0 Å². The van der Waals surface area contributed by atoms with Crippen molar-refractivity contribution in [2.75, 3.05) is 13.1 Å². The average molecular weight is 411 g/mol. The summed E-state index contributed by atoms with van der Waals surface area (Å²) in [5.41, 5.74) is 1.53. The molecule has 1 fully saturated rings. The highest BCUT2D eigenvalue weighted by atomic mass is 19.4. The van der Waals surface area contributed by atoms with Crippen LogP contribution in [-0.2, 0) is 10.4 Å². The van der Waals surface area contributed by atoms with Gasteiger partial charge in [0, 0.05) is 24.3 Å². The first-order valence-electron chi connectivity index (χ1n) is 9.39. The van der Waals surface area contributed by atoms with E-state index in [4.69, 9.17) is 0 Å². The number of likely N-dealkylation sites (tertiary alicyclic amines) is 1. The fraction of sp³-hybridized carbons (Fsp3) is 0.500. The maximum absolute atomic E-state index is 12.9. The predicted molar refractivity (Wildman–Crippen MR) is 99.3 cm³/mol. The van der Waals surface area contributed by atoms with Crippen LogP contribution in [0.2, 0.25) is 0 Å². The molecule has 1 saturated heterocycles. The summed E-state index contributed by atoms with van der Waals surface area (Å²) in [6.07, 6.45) is -4.34. The Balaban J connectivity index is 1.69. The largest absolute Gasteiger partial charge is 0.573 e. The molecule has 2 heterocycles. The van der Waals surface area contributed by atoms with Crippen molar-refractivity contribution in [3.05, 3.63) is 46.8 Å². The molecule has 1 aliphatic heterocycles. The summed E-state index contributed by atoms with van der Waals surface area (Å²) in [4.78, 5) is 14.6. The van der Waals surface area contributed by atoms with Gasteiger partial charge in [0.25, 0.3) is 0 Å². The van der Waals surface area contributed by atoms with E-state index >= 15 is 0 Å². The molecule has 1 unspecified atom stereocenters. The third-order valence-electron chi connectivity index (χ3n) is 5.50. The molecular weight excluding hydrogens is 387 g/mol. The van der Waals surface area contributed by atoms with Crippen LogP contribution in [0.1, 0.15) is 48.2 Å². The highest BCUT2D eigenvalue weighted by Crippen LogP contribution is 2.36. The lowest BCUT2D eigenvalue weighted by atomic mass is 9.84. The summed E-state index contributed by atoms with van der Waals surface area (Å²) in [7, 11) is 0. The zero-order valence-electron chi connectivity index (χ0n) is 16.5. The van der Waals surface area contributed by atoms with Crippen molar-refractivity contribution in [2.24, 2.45) is 0 Å². The van der Waals surface area contributed by atoms with Gasteiger partial charge in [-0.3, -0.25) is 9.89 Å². The second-order valence-corrected chi connectivity index (χ2v) is 7.50. The number of ether oxygens (including phenoxy) is 1. The Labute approximate surface area is 166 Å². The van der Waals surface area contributed by atoms with Gasteiger partial charge < -0.3 is 14.7 Å². The van der Waals surface area contributed by atoms with Crippen molar-refractivity contribution in [1.82, 2.24) is 15.1 Å². The van der Waals surface area contributed by atoms with E-state index in [2.05, 4.69) is 14.9 Å². The minimum atomic E-state index is -4.80. The molecule has 0 bridgehead atoms. The highest BCUT2D eigenvalue weighted by molar-refractivity contribution is 5.84. The molecule has 1 amide bonds. The fourth-order valence-corrected chi connectivity index (χ4v) is 3.96. The zero-order chi connectivity index (χ0) is 21.4. The normalized spacial score (nSPS) is 17.8. The van der Waals surface area contributed by atoms with Gasteiger partial charge in [-0.25, -0.2) is 0 Å². The topological polar surface area (TPSA) is 78.5 Å². The number of aromatic nitrogens is 2. The van der Waals surface area contributed by atoms with Gasteiger partial charge in [0.1, 0.15) is 5.75 Å². The zero-order valence-corrected chi connectivity index (χ0v) is 16.5. The summed E-state index contributed by atoms with van der Waals surface area (Å²) in [6, 6.07) is 5.38. The van der Waals surface area contributed by atoms with Crippen molar-refractivity contribution in [3.8, 4) is 5.75 Å². The van der Waals surface area contributed by atoms with Crippen molar-refractivity contribution in [1.29, 1.82) is 0 Å². The Morgan fingerprint density at radius 1 is 1.31 bits per heavy atom. The second-order valence-electron chi connectivity index (χ2n) is 7.50. The third kappa shape index (κ3) is 4.55. The number of halogens is 3. The van der Waals surface area contributed by atoms with Crippen LogP contribution in [0.15, 0.2) is 24.3 Å². The van der Waals surface area contributed by atoms with Crippen LogP contribution in [0.5, 0.6) is 5.75 Å². The predicted octanol–water partition coefficient (Wildman–Crippen LogP) is 3.54. The number of alkyl halides is 3. The molecular formula is C20H24F3N3O3. The first kappa shape index (κ1) is 21.2. The van der Waals surface area contributed by atoms with E-state index in [-0.39, 0.29) is 30.4 Å². The smallest absolute Gasteiger partial charge is 0.406 e. The van der Waals surface area contributed by atoms with Gasteiger partial charge in [-0.2, -0.15) is 5.10 Å². The standard InChI is InChI=1S/C20H24F3N3O3/c1-12(17-13(2)24-25-14(17)3)18(27)26-9-7-19(28,8-10-26)15-5-4-6-16(11-15)29-20(21,22)23/h4-6,11-12,28H,7-10H2,1-3H3,(H,24,25). The number of nitrogens with zero attached hydrogens (tertiary/aromatic N) is 2. The number of rotatable bonds is 4. The van der Waals surface area contributed by atoms with E-state index in [9.17, 15) is 23.1 Å². The van der Waals surface area contributed by atoms with Crippen LogP contribution in [0.4, 0.5) is 13.2 Å². The van der Waals surface area contributed by atoms with Gasteiger partial charge in [0.05, 0.1) is 17.2 Å². The summed E-state index contributed by atoms with van der Waals surface area (Å²) in [5.74, 6) is -0.807. The average Bonchev–Trinajstić information content (AvgIpc) is 2.98. The molecule has 158 valence electrons. The second kappa shape index (κ2) is 7.70. The molecule has 1 aliphatic rings. The molecule has 2 N–H and O–H groups in total. The van der Waals surface area contributed by atoms with E-state index in [0.29, 0.717) is 18.7 Å². The molecule has 2 aromatic rings. The number of carbonyl (C=O) groups is 1. The van der Waals surface area contributed by atoms with Crippen LogP contribution in [-0.4, -0.2) is 45.6 Å². The minimum Gasteiger partial charge on any atom is -0.406 e. The van der Waals surface area contributed by atoms with Crippen LogP contribution in [0.25, 0.3) is 0 Å². The third-order valence-corrected chi connectivity index (χ3v) is 5.50. The van der Waals surface area contributed by atoms with E-state index in [0.717, 1.165) is 17.0 Å². The Kier molecular flexibility index (Phi) is 5.62. The summed E-state index contributed by atoms with van der Waals surface area (Å²) >= 11 is 0. The van der Waals surface area contributed by atoms with Crippen LogP contribution < -0.4 is 4.74 Å². The number of aromatic amines is 1. The van der Waals surface area contributed by atoms with Gasteiger partial charge in [0.2, 0.25) is 5.91 Å².